The topological polar surface area (TPSA) is 79.2 Å². The van der Waals surface area contributed by atoms with Crippen molar-refractivity contribution in [2.75, 3.05) is 0 Å². The van der Waals surface area contributed by atoms with Crippen LogP contribution < -0.4 is 0 Å². The van der Waals surface area contributed by atoms with E-state index in [4.69, 9.17) is 12.2 Å². The molecule has 0 radical (unpaired) electrons. The van der Waals surface area contributed by atoms with Gasteiger partial charge in [0.05, 0.1) is 9.80 Å². The Morgan fingerprint density at radius 1 is 1.56 bits per heavy atom. The number of nitrogens with zero attached hydrogens (tertiary/aromatic N) is 1. The average Bonchev–Trinajstić information content (AvgIpc) is 2.67. The fourth-order valence-electron chi connectivity index (χ4n) is 1.46. The number of hydrogen-bond acceptors (Lipinski definition) is 5. The standard InChI is InChI=1S/C11H8N2O3S2/c1-6(9-10(14)12-11(17)18-9)7-3-2-4-8(5-7)13(15)16/h2-5,14H,1H2,(H,12,17). The Morgan fingerprint density at radius 3 is 2.83 bits per heavy atom. The molecule has 92 valence electrons. The summed E-state index contributed by atoms with van der Waals surface area (Å²) in [4.78, 5) is 13.3. The molecule has 0 atom stereocenters. The maximum Gasteiger partial charge on any atom is 0.270 e. The van der Waals surface area contributed by atoms with Gasteiger partial charge in [-0.2, -0.15) is 0 Å². The normalized spacial score (nSPS) is 10.2. The van der Waals surface area contributed by atoms with E-state index in [0.717, 1.165) is 0 Å². The lowest BCUT2D eigenvalue weighted by atomic mass is 10.1. The number of benzene rings is 1. The minimum absolute atomic E-state index is 0.0210. The third-order valence-electron chi connectivity index (χ3n) is 2.31. The molecule has 0 spiro atoms. The maximum atomic E-state index is 10.7. The van der Waals surface area contributed by atoms with Gasteiger partial charge in [-0.3, -0.25) is 10.1 Å². The minimum atomic E-state index is -0.476. The number of nitro groups is 1. The zero-order valence-corrected chi connectivity index (χ0v) is 10.7. The molecular formula is C11H8N2O3S2. The van der Waals surface area contributed by atoms with E-state index in [1.807, 2.05) is 0 Å². The highest BCUT2D eigenvalue weighted by Gasteiger charge is 2.13. The predicted octanol–water partition coefficient (Wildman–Crippen LogP) is 3.48. The van der Waals surface area contributed by atoms with E-state index in [9.17, 15) is 15.2 Å². The molecule has 0 saturated heterocycles. The van der Waals surface area contributed by atoms with Crippen molar-refractivity contribution >= 4 is 34.8 Å². The monoisotopic (exact) mass is 280 g/mol. The van der Waals surface area contributed by atoms with Gasteiger partial charge in [-0.15, -0.1) is 11.3 Å². The van der Waals surface area contributed by atoms with E-state index in [-0.39, 0.29) is 11.6 Å². The molecule has 2 N–H and O–H groups in total. The molecule has 5 nitrogen and oxygen atoms in total. The zero-order valence-electron chi connectivity index (χ0n) is 9.04. The van der Waals surface area contributed by atoms with E-state index < -0.39 is 4.92 Å². The number of thiazole rings is 1. The van der Waals surface area contributed by atoms with Gasteiger partial charge in [-0.1, -0.05) is 18.7 Å². The summed E-state index contributed by atoms with van der Waals surface area (Å²) in [7, 11) is 0. The van der Waals surface area contributed by atoms with Crippen molar-refractivity contribution < 1.29 is 10.0 Å². The van der Waals surface area contributed by atoms with E-state index in [0.29, 0.717) is 20.0 Å². The number of non-ortho nitro benzene ring substituents is 1. The molecule has 2 rings (SSSR count). The van der Waals surface area contributed by atoms with Gasteiger partial charge in [-0.25, -0.2) is 0 Å². The molecule has 1 aromatic carbocycles. The summed E-state index contributed by atoms with van der Waals surface area (Å²) in [6.07, 6.45) is 0. The molecule has 0 saturated carbocycles. The molecule has 0 amide bonds. The summed E-state index contributed by atoms with van der Waals surface area (Å²) >= 11 is 6.08. The molecule has 7 heteroatoms. The Labute approximate surface area is 111 Å². The predicted molar refractivity (Wildman–Crippen MR) is 72.4 cm³/mol. The quantitative estimate of drug-likeness (QED) is 0.512. The summed E-state index contributed by atoms with van der Waals surface area (Å²) in [6.45, 7) is 3.83. The van der Waals surface area contributed by atoms with Crippen molar-refractivity contribution in [3.63, 3.8) is 0 Å². The van der Waals surface area contributed by atoms with E-state index in [2.05, 4.69) is 11.6 Å². The number of aromatic hydroxyl groups is 1. The number of rotatable bonds is 3. The van der Waals surface area contributed by atoms with Crippen molar-refractivity contribution in [1.82, 2.24) is 4.98 Å². The first kappa shape index (κ1) is 12.5. The zero-order chi connectivity index (χ0) is 13.3. The first-order chi connectivity index (χ1) is 8.49. The summed E-state index contributed by atoms with van der Waals surface area (Å²) in [6, 6.07) is 6.07. The Bertz CT molecular complexity index is 688. The Hall–Kier alpha value is -1.99. The van der Waals surface area contributed by atoms with Crippen molar-refractivity contribution in [1.29, 1.82) is 0 Å². The van der Waals surface area contributed by atoms with Crippen LogP contribution in [-0.4, -0.2) is 15.0 Å². The first-order valence-electron chi connectivity index (χ1n) is 4.85. The molecule has 0 fully saturated rings. The highest BCUT2D eigenvalue weighted by atomic mass is 32.1. The lowest BCUT2D eigenvalue weighted by Gasteiger charge is -2.03. The summed E-state index contributed by atoms with van der Waals surface area (Å²) < 4.78 is 0.425. The fraction of sp³-hybridized carbons (Fsp3) is 0. The summed E-state index contributed by atoms with van der Waals surface area (Å²) in [5.74, 6) is -0.0680. The highest BCUT2D eigenvalue weighted by molar-refractivity contribution is 7.73. The third-order valence-corrected chi connectivity index (χ3v) is 3.59. The van der Waals surface area contributed by atoms with E-state index in [1.165, 1.54) is 23.5 Å². The maximum absolute atomic E-state index is 10.7. The van der Waals surface area contributed by atoms with Crippen LogP contribution in [0.15, 0.2) is 30.8 Å². The molecule has 1 heterocycles. The van der Waals surface area contributed by atoms with Gasteiger partial charge in [0, 0.05) is 12.1 Å². The van der Waals surface area contributed by atoms with Gasteiger partial charge in [0.2, 0.25) is 5.88 Å². The molecule has 0 aliphatic heterocycles. The summed E-state index contributed by atoms with van der Waals surface area (Å²) in [5.41, 5.74) is 1.05. The lowest BCUT2D eigenvalue weighted by molar-refractivity contribution is -0.384. The lowest BCUT2D eigenvalue weighted by Crippen LogP contribution is -1.90. The largest absolute Gasteiger partial charge is 0.494 e. The van der Waals surface area contributed by atoms with Crippen LogP contribution in [0.3, 0.4) is 0 Å². The minimum Gasteiger partial charge on any atom is -0.494 e. The molecule has 0 aliphatic carbocycles. The van der Waals surface area contributed by atoms with Gasteiger partial charge < -0.3 is 10.1 Å². The van der Waals surface area contributed by atoms with Gasteiger partial charge in [0.25, 0.3) is 5.69 Å². The van der Waals surface area contributed by atoms with E-state index >= 15 is 0 Å². The number of aromatic nitrogens is 1. The molecule has 0 unspecified atom stereocenters. The molecule has 0 bridgehead atoms. The third kappa shape index (κ3) is 2.31. The SMILES string of the molecule is C=C(c1cccc([N+](=O)[O-])c1)c1sc(=S)[nH]c1O. The molecule has 2 aromatic rings. The number of nitro benzene ring substituents is 1. The van der Waals surface area contributed by atoms with Crippen molar-refractivity contribution in [3.05, 3.63) is 55.4 Å². The van der Waals surface area contributed by atoms with Crippen LogP contribution in [0, 0.1) is 14.1 Å². The van der Waals surface area contributed by atoms with Gasteiger partial charge in [-0.05, 0) is 23.4 Å². The fourth-order valence-corrected chi connectivity index (χ4v) is 2.53. The Morgan fingerprint density at radius 2 is 2.28 bits per heavy atom. The second-order valence-electron chi connectivity index (χ2n) is 3.48. The van der Waals surface area contributed by atoms with Gasteiger partial charge in [0.1, 0.15) is 0 Å². The molecule has 1 aromatic heterocycles. The van der Waals surface area contributed by atoms with Crippen molar-refractivity contribution in [2.45, 2.75) is 0 Å². The summed E-state index contributed by atoms with van der Waals surface area (Å²) in [5, 5.41) is 20.3. The van der Waals surface area contributed by atoms with Gasteiger partial charge in [0.15, 0.2) is 3.95 Å². The average molecular weight is 280 g/mol. The molecule has 18 heavy (non-hydrogen) atoms. The number of H-pyrrole nitrogens is 1. The van der Waals surface area contributed by atoms with E-state index in [1.54, 1.807) is 12.1 Å². The van der Waals surface area contributed by atoms with Crippen LogP contribution in [0.5, 0.6) is 5.88 Å². The molecular weight excluding hydrogens is 272 g/mol. The van der Waals surface area contributed by atoms with Crippen molar-refractivity contribution in [2.24, 2.45) is 0 Å². The number of aromatic amines is 1. The Kier molecular flexibility index (Phi) is 3.26. The number of nitrogens with one attached hydrogen (secondary N) is 1. The Balaban J connectivity index is 2.46. The second-order valence-corrected chi connectivity index (χ2v) is 5.17. The van der Waals surface area contributed by atoms with Crippen molar-refractivity contribution in [3.8, 4) is 5.88 Å². The van der Waals surface area contributed by atoms with Crippen LogP contribution in [0.2, 0.25) is 0 Å². The van der Waals surface area contributed by atoms with Crippen LogP contribution in [-0.2, 0) is 0 Å². The van der Waals surface area contributed by atoms with Crippen LogP contribution in [0.1, 0.15) is 10.4 Å². The van der Waals surface area contributed by atoms with Crippen LogP contribution in [0.4, 0.5) is 5.69 Å². The first-order valence-corrected chi connectivity index (χ1v) is 6.07. The smallest absolute Gasteiger partial charge is 0.270 e. The van der Waals surface area contributed by atoms with Gasteiger partial charge >= 0.3 is 0 Å². The number of hydrogen-bond donors (Lipinski definition) is 2. The molecule has 0 aliphatic rings. The highest BCUT2D eigenvalue weighted by Crippen LogP contribution is 2.33. The van der Waals surface area contributed by atoms with Crippen LogP contribution in [0.25, 0.3) is 5.57 Å². The van der Waals surface area contributed by atoms with Crippen LogP contribution >= 0.6 is 23.6 Å². The second kappa shape index (κ2) is 4.71.